The maximum absolute atomic E-state index is 6.12. The predicted molar refractivity (Wildman–Crippen MR) is 85.1 cm³/mol. The van der Waals surface area contributed by atoms with Gasteiger partial charge in [0.1, 0.15) is 11.4 Å². The van der Waals surface area contributed by atoms with E-state index in [9.17, 15) is 0 Å². The van der Waals surface area contributed by atoms with Crippen LogP contribution in [0.2, 0.25) is 0 Å². The lowest BCUT2D eigenvalue weighted by atomic mass is 9.92. The van der Waals surface area contributed by atoms with E-state index in [2.05, 4.69) is 46.9 Å². The first-order valence-corrected chi connectivity index (χ1v) is 6.93. The highest BCUT2D eigenvalue weighted by atomic mass is 35.5. The molecule has 0 aromatic heterocycles. The van der Waals surface area contributed by atoms with Gasteiger partial charge in [0.05, 0.1) is 0 Å². The zero-order valence-corrected chi connectivity index (χ0v) is 13.8. The van der Waals surface area contributed by atoms with Crippen molar-refractivity contribution in [2.24, 2.45) is 0 Å². The third kappa shape index (κ3) is 2.84. The standard InChI is InChI=1S/C16H25NO.ClH/c1-7-8-17-14-10(2)11(3)15-13(12(14)4)9-16(5,6)18-15;/h17H,7-9H2,1-6H3;1H. The molecule has 0 spiro atoms. The molecule has 1 aliphatic heterocycles. The van der Waals surface area contributed by atoms with Gasteiger partial charge in [-0.1, -0.05) is 6.92 Å². The van der Waals surface area contributed by atoms with E-state index in [0.29, 0.717) is 0 Å². The fourth-order valence-electron chi connectivity index (χ4n) is 2.79. The van der Waals surface area contributed by atoms with E-state index >= 15 is 0 Å². The molecule has 0 amide bonds. The van der Waals surface area contributed by atoms with Gasteiger partial charge in [0.25, 0.3) is 0 Å². The van der Waals surface area contributed by atoms with Crippen LogP contribution in [0, 0.1) is 20.8 Å². The number of hydrogen-bond acceptors (Lipinski definition) is 2. The number of fused-ring (bicyclic) bond motifs is 1. The molecule has 0 atom stereocenters. The molecule has 0 radical (unpaired) electrons. The summed E-state index contributed by atoms with van der Waals surface area (Å²) in [6.07, 6.45) is 2.16. The summed E-state index contributed by atoms with van der Waals surface area (Å²) in [7, 11) is 0. The molecule has 1 aliphatic rings. The Labute approximate surface area is 123 Å². The van der Waals surface area contributed by atoms with Gasteiger partial charge in [-0.25, -0.2) is 0 Å². The van der Waals surface area contributed by atoms with Gasteiger partial charge in [0, 0.05) is 24.2 Å². The second kappa shape index (κ2) is 5.62. The highest BCUT2D eigenvalue weighted by Gasteiger charge is 2.34. The smallest absolute Gasteiger partial charge is 0.127 e. The zero-order valence-electron chi connectivity index (χ0n) is 12.9. The largest absolute Gasteiger partial charge is 0.487 e. The Hall–Kier alpha value is -0.890. The minimum Gasteiger partial charge on any atom is -0.487 e. The number of nitrogens with one attached hydrogen (secondary N) is 1. The maximum Gasteiger partial charge on any atom is 0.127 e. The van der Waals surface area contributed by atoms with E-state index in [4.69, 9.17) is 4.74 Å². The van der Waals surface area contributed by atoms with Crippen molar-refractivity contribution in [3.63, 3.8) is 0 Å². The Balaban J connectivity index is 0.00000180. The highest BCUT2D eigenvalue weighted by Crippen LogP contribution is 2.44. The van der Waals surface area contributed by atoms with Crippen molar-refractivity contribution in [3.8, 4) is 5.75 Å². The summed E-state index contributed by atoms with van der Waals surface area (Å²) >= 11 is 0. The quantitative estimate of drug-likeness (QED) is 0.877. The number of rotatable bonds is 3. The Morgan fingerprint density at radius 3 is 2.32 bits per heavy atom. The third-order valence-electron chi connectivity index (χ3n) is 3.91. The molecule has 1 heterocycles. The normalized spacial score (nSPS) is 15.5. The van der Waals surface area contributed by atoms with Crippen molar-refractivity contribution in [2.75, 3.05) is 11.9 Å². The summed E-state index contributed by atoms with van der Waals surface area (Å²) in [5.41, 5.74) is 6.63. The van der Waals surface area contributed by atoms with Crippen molar-refractivity contribution in [3.05, 3.63) is 22.3 Å². The Kier molecular flexibility index (Phi) is 4.78. The lowest BCUT2D eigenvalue weighted by Gasteiger charge is -2.19. The maximum atomic E-state index is 6.12. The van der Waals surface area contributed by atoms with E-state index in [-0.39, 0.29) is 18.0 Å². The van der Waals surface area contributed by atoms with Crippen LogP contribution in [0.5, 0.6) is 5.75 Å². The summed E-state index contributed by atoms with van der Waals surface area (Å²) in [5.74, 6) is 1.12. The summed E-state index contributed by atoms with van der Waals surface area (Å²) < 4.78 is 6.12. The van der Waals surface area contributed by atoms with Gasteiger partial charge in [-0.15, -0.1) is 12.4 Å². The monoisotopic (exact) mass is 283 g/mol. The number of hydrogen-bond donors (Lipinski definition) is 1. The average molecular weight is 284 g/mol. The van der Waals surface area contributed by atoms with Gasteiger partial charge in [-0.3, -0.25) is 0 Å². The molecule has 0 fully saturated rings. The van der Waals surface area contributed by atoms with Crippen LogP contribution in [0.3, 0.4) is 0 Å². The van der Waals surface area contributed by atoms with Crippen molar-refractivity contribution < 1.29 is 4.74 Å². The fourth-order valence-corrected chi connectivity index (χ4v) is 2.79. The molecular weight excluding hydrogens is 258 g/mol. The molecule has 0 bridgehead atoms. The molecule has 1 N–H and O–H groups in total. The minimum absolute atomic E-state index is 0. The summed E-state index contributed by atoms with van der Waals surface area (Å²) in [6, 6.07) is 0. The van der Waals surface area contributed by atoms with Gasteiger partial charge in [-0.2, -0.15) is 0 Å². The van der Waals surface area contributed by atoms with Crippen LogP contribution in [-0.2, 0) is 6.42 Å². The fraction of sp³-hybridized carbons (Fsp3) is 0.625. The predicted octanol–water partition coefficient (Wildman–Crippen LogP) is 4.57. The molecule has 0 saturated carbocycles. The van der Waals surface area contributed by atoms with E-state index in [1.165, 1.54) is 27.9 Å². The molecule has 0 unspecified atom stereocenters. The molecule has 19 heavy (non-hydrogen) atoms. The Bertz CT molecular complexity index is 480. The van der Waals surface area contributed by atoms with Gasteiger partial charge in [0.15, 0.2) is 0 Å². The average Bonchev–Trinajstić information content (AvgIpc) is 2.63. The van der Waals surface area contributed by atoms with E-state index in [0.717, 1.165) is 25.1 Å². The highest BCUT2D eigenvalue weighted by molar-refractivity contribution is 5.85. The van der Waals surface area contributed by atoms with Crippen LogP contribution < -0.4 is 10.1 Å². The number of halogens is 1. The molecule has 3 heteroatoms. The number of ether oxygens (including phenoxy) is 1. The van der Waals surface area contributed by atoms with E-state index in [1.807, 2.05) is 0 Å². The van der Waals surface area contributed by atoms with Crippen molar-refractivity contribution in [2.45, 2.75) is 60.0 Å². The first kappa shape index (κ1) is 16.2. The van der Waals surface area contributed by atoms with Crippen LogP contribution in [0.4, 0.5) is 5.69 Å². The van der Waals surface area contributed by atoms with Crippen molar-refractivity contribution >= 4 is 18.1 Å². The summed E-state index contributed by atoms with van der Waals surface area (Å²) in [5, 5.41) is 3.57. The molecule has 108 valence electrons. The Morgan fingerprint density at radius 1 is 1.11 bits per heavy atom. The van der Waals surface area contributed by atoms with Gasteiger partial charge < -0.3 is 10.1 Å². The zero-order chi connectivity index (χ0) is 13.5. The Morgan fingerprint density at radius 2 is 1.74 bits per heavy atom. The second-order valence-corrected chi connectivity index (χ2v) is 6.02. The van der Waals surface area contributed by atoms with E-state index < -0.39 is 0 Å². The van der Waals surface area contributed by atoms with Crippen molar-refractivity contribution in [1.29, 1.82) is 0 Å². The van der Waals surface area contributed by atoms with Gasteiger partial charge >= 0.3 is 0 Å². The first-order chi connectivity index (χ1) is 8.37. The van der Waals surface area contributed by atoms with Crippen molar-refractivity contribution in [1.82, 2.24) is 0 Å². The number of benzene rings is 1. The lowest BCUT2D eigenvalue weighted by Crippen LogP contribution is -2.24. The third-order valence-corrected chi connectivity index (χ3v) is 3.91. The van der Waals surface area contributed by atoms with Crippen LogP contribution in [-0.4, -0.2) is 12.1 Å². The van der Waals surface area contributed by atoms with Gasteiger partial charge in [-0.05, 0) is 57.7 Å². The summed E-state index contributed by atoms with van der Waals surface area (Å²) in [4.78, 5) is 0. The van der Waals surface area contributed by atoms with Crippen LogP contribution in [0.15, 0.2) is 0 Å². The van der Waals surface area contributed by atoms with E-state index in [1.54, 1.807) is 0 Å². The molecule has 2 nitrogen and oxygen atoms in total. The van der Waals surface area contributed by atoms with Gasteiger partial charge in [0.2, 0.25) is 0 Å². The molecule has 0 aliphatic carbocycles. The van der Waals surface area contributed by atoms with Crippen LogP contribution in [0.25, 0.3) is 0 Å². The molecule has 0 saturated heterocycles. The molecule has 1 aromatic carbocycles. The molecule has 2 rings (SSSR count). The molecule has 1 aromatic rings. The second-order valence-electron chi connectivity index (χ2n) is 6.02. The topological polar surface area (TPSA) is 21.3 Å². The van der Waals surface area contributed by atoms with Crippen LogP contribution in [0.1, 0.15) is 49.4 Å². The summed E-state index contributed by atoms with van der Waals surface area (Å²) in [6.45, 7) is 14.1. The van der Waals surface area contributed by atoms with Crippen LogP contribution >= 0.6 is 12.4 Å². The number of anilines is 1. The molecular formula is C16H26ClNO. The minimum atomic E-state index is -0.0618. The lowest BCUT2D eigenvalue weighted by molar-refractivity contribution is 0.137. The first-order valence-electron chi connectivity index (χ1n) is 6.93. The SMILES string of the molecule is CCCNc1c(C)c(C)c2c(c1C)CC(C)(C)O2.Cl.